The molecule has 1 atom stereocenters. The molecule has 1 aromatic heterocycles. The van der Waals surface area contributed by atoms with Gasteiger partial charge in [0.2, 0.25) is 0 Å². The lowest BCUT2D eigenvalue weighted by molar-refractivity contribution is 0.648. The fourth-order valence-corrected chi connectivity index (χ4v) is 2.89. The van der Waals surface area contributed by atoms with Crippen LogP contribution in [0.15, 0.2) is 57.0 Å². The molecule has 4 heteroatoms. The molecule has 1 aromatic carbocycles. The van der Waals surface area contributed by atoms with Crippen LogP contribution in [0.1, 0.15) is 18.5 Å². The number of aromatic nitrogens is 1. The molecule has 0 aliphatic rings. The van der Waals surface area contributed by atoms with Gasteiger partial charge in [-0.05, 0) is 43.8 Å². The molecule has 0 spiro atoms. The van der Waals surface area contributed by atoms with E-state index in [2.05, 4.69) is 57.4 Å². The third-order valence-corrected chi connectivity index (χ3v) is 4.14. The van der Waals surface area contributed by atoms with E-state index in [0.717, 1.165) is 9.50 Å². The van der Waals surface area contributed by atoms with Crippen molar-refractivity contribution in [1.29, 1.82) is 0 Å². The summed E-state index contributed by atoms with van der Waals surface area (Å²) >= 11 is 5.14. The van der Waals surface area contributed by atoms with E-state index in [1.807, 2.05) is 25.4 Å². The number of rotatable bonds is 4. The molecule has 94 valence electrons. The first kappa shape index (κ1) is 13.6. The smallest absolute Gasteiger partial charge is 0.101 e. The Morgan fingerprint density at radius 1 is 1.28 bits per heavy atom. The molecular weight excluding hydrogens is 308 g/mol. The van der Waals surface area contributed by atoms with Crippen molar-refractivity contribution >= 4 is 27.7 Å². The minimum Gasteiger partial charge on any atom is -0.313 e. The number of benzene rings is 1. The fourth-order valence-electron chi connectivity index (χ4n) is 1.53. The first-order valence-electron chi connectivity index (χ1n) is 5.75. The Morgan fingerprint density at radius 2 is 2.11 bits per heavy atom. The fraction of sp³-hybridized carbons (Fsp3) is 0.214. The van der Waals surface area contributed by atoms with Gasteiger partial charge in [0.1, 0.15) is 5.03 Å². The Balaban J connectivity index is 2.11. The summed E-state index contributed by atoms with van der Waals surface area (Å²) in [5.74, 6) is 0. The molecule has 0 aliphatic carbocycles. The molecule has 0 radical (unpaired) electrons. The zero-order valence-electron chi connectivity index (χ0n) is 10.4. The van der Waals surface area contributed by atoms with Crippen molar-refractivity contribution in [3.63, 3.8) is 0 Å². The van der Waals surface area contributed by atoms with Gasteiger partial charge in [-0.15, -0.1) is 0 Å². The number of hydrogen-bond acceptors (Lipinski definition) is 3. The lowest BCUT2D eigenvalue weighted by Crippen LogP contribution is -2.12. The molecule has 2 nitrogen and oxygen atoms in total. The molecule has 0 amide bonds. The van der Waals surface area contributed by atoms with Gasteiger partial charge in [0, 0.05) is 21.6 Å². The Hall–Kier alpha value is -0.840. The van der Waals surface area contributed by atoms with Crippen LogP contribution in [0.25, 0.3) is 0 Å². The number of hydrogen-bond donors (Lipinski definition) is 1. The summed E-state index contributed by atoms with van der Waals surface area (Å²) in [4.78, 5) is 5.67. The minimum absolute atomic E-state index is 0.336. The Morgan fingerprint density at radius 3 is 2.72 bits per heavy atom. The molecule has 0 saturated heterocycles. The third kappa shape index (κ3) is 3.57. The van der Waals surface area contributed by atoms with Gasteiger partial charge in [0.15, 0.2) is 0 Å². The normalized spacial score (nSPS) is 12.4. The van der Waals surface area contributed by atoms with Crippen LogP contribution in [-0.4, -0.2) is 12.0 Å². The molecule has 0 saturated carbocycles. The van der Waals surface area contributed by atoms with Crippen LogP contribution in [0.2, 0.25) is 0 Å². The van der Waals surface area contributed by atoms with E-state index in [9.17, 15) is 0 Å². The molecule has 2 rings (SSSR count). The Labute approximate surface area is 120 Å². The molecule has 1 heterocycles. The first-order chi connectivity index (χ1) is 8.69. The standard InChI is InChI=1S/C14H15BrN2S/c1-10(16-2)11-6-7-14(17-9-11)18-13-5-3-4-12(15)8-13/h3-10,16H,1-2H3. The molecule has 18 heavy (non-hydrogen) atoms. The second-order valence-electron chi connectivity index (χ2n) is 4.00. The number of halogens is 1. The van der Waals surface area contributed by atoms with Crippen molar-refractivity contribution < 1.29 is 0 Å². The third-order valence-electron chi connectivity index (χ3n) is 2.71. The molecule has 2 aromatic rings. The molecule has 0 bridgehead atoms. The summed E-state index contributed by atoms with van der Waals surface area (Å²) in [7, 11) is 1.95. The highest BCUT2D eigenvalue weighted by Gasteiger charge is 2.04. The van der Waals surface area contributed by atoms with E-state index in [-0.39, 0.29) is 0 Å². The summed E-state index contributed by atoms with van der Waals surface area (Å²) < 4.78 is 1.09. The average molecular weight is 323 g/mol. The lowest BCUT2D eigenvalue weighted by atomic mass is 10.1. The zero-order chi connectivity index (χ0) is 13.0. The summed E-state index contributed by atoms with van der Waals surface area (Å²) in [6, 6.07) is 12.8. The number of nitrogens with one attached hydrogen (secondary N) is 1. The van der Waals surface area contributed by atoms with Crippen molar-refractivity contribution in [2.24, 2.45) is 0 Å². The highest BCUT2D eigenvalue weighted by atomic mass is 79.9. The average Bonchev–Trinajstić information content (AvgIpc) is 2.39. The van der Waals surface area contributed by atoms with Crippen LogP contribution in [0.3, 0.4) is 0 Å². The molecule has 1 unspecified atom stereocenters. The van der Waals surface area contributed by atoms with Crippen LogP contribution in [0.4, 0.5) is 0 Å². The monoisotopic (exact) mass is 322 g/mol. The molecule has 0 fully saturated rings. The number of nitrogens with zero attached hydrogens (tertiary/aromatic N) is 1. The van der Waals surface area contributed by atoms with Crippen molar-refractivity contribution in [1.82, 2.24) is 10.3 Å². The van der Waals surface area contributed by atoms with Crippen molar-refractivity contribution in [2.45, 2.75) is 22.9 Å². The largest absolute Gasteiger partial charge is 0.313 e. The molecule has 1 N–H and O–H groups in total. The van der Waals surface area contributed by atoms with Crippen LogP contribution in [-0.2, 0) is 0 Å². The van der Waals surface area contributed by atoms with Crippen LogP contribution in [0.5, 0.6) is 0 Å². The van der Waals surface area contributed by atoms with Gasteiger partial charge >= 0.3 is 0 Å². The number of pyridine rings is 1. The topological polar surface area (TPSA) is 24.9 Å². The minimum atomic E-state index is 0.336. The summed E-state index contributed by atoms with van der Waals surface area (Å²) in [5.41, 5.74) is 1.20. The predicted molar refractivity (Wildman–Crippen MR) is 80.0 cm³/mol. The van der Waals surface area contributed by atoms with Crippen LogP contribution >= 0.6 is 27.7 Å². The molecule has 0 aliphatic heterocycles. The van der Waals surface area contributed by atoms with Crippen LogP contribution < -0.4 is 5.32 Å². The van der Waals surface area contributed by atoms with Gasteiger partial charge < -0.3 is 5.32 Å². The van der Waals surface area contributed by atoms with Crippen LogP contribution in [0, 0.1) is 0 Å². The maximum absolute atomic E-state index is 4.48. The van der Waals surface area contributed by atoms with Gasteiger partial charge in [0.25, 0.3) is 0 Å². The first-order valence-corrected chi connectivity index (χ1v) is 7.36. The van der Waals surface area contributed by atoms with Gasteiger partial charge in [0.05, 0.1) is 0 Å². The van der Waals surface area contributed by atoms with E-state index in [4.69, 9.17) is 0 Å². The van der Waals surface area contributed by atoms with Crippen molar-refractivity contribution in [3.8, 4) is 0 Å². The second-order valence-corrected chi connectivity index (χ2v) is 6.01. The Kier molecular flexibility index (Phi) is 4.80. The zero-order valence-corrected chi connectivity index (χ0v) is 12.8. The SMILES string of the molecule is CNC(C)c1ccc(Sc2cccc(Br)c2)nc1. The van der Waals surface area contributed by atoms with Gasteiger partial charge in [-0.1, -0.05) is 39.8 Å². The van der Waals surface area contributed by atoms with Gasteiger partial charge in [-0.3, -0.25) is 0 Å². The van der Waals surface area contributed by atoms with Crippen molar-refractivity contribution in [3.05, 3.63) is 52.6 Å². The van der Waals surface area contributed by atoms with E-state index in [0.29, 0.717) is 6.04 Å². The second kappa shape index (κ2) is 6.36. The summed E-state index contributed by atoms with van der Waals surface area (Å²) in [5, 5.41) is 4.22. The van der Waals surface area contributed by atoms with E-state index < -0.39 is 0 Å². The summed E-state index contributed by atoms with van der Waals surface area (Å²) in [6.07, 6.45) is 1.93. The molecular formula is C14H15BrN2S. The predicted octanol–water partition coefficient (Wildman–Crippen LogP) is 4.28. The van der Waals surface area contributed by atoms with E-state index in [1.165, 1.54) is 10.5 Å². The highest BCUT2D eigenvalue weighted by Crippen LogP contribution is 2.28. The quantitative estimate of drug-likeness (QED) is 0.909. The highest BCUT2D eigenvalue weighted by molar-refractivity contribution is 9.10. The lowest BCUT2D eigenvalue weighted by Gasteiger charge is -2.10. The van der Waals surface area contributed by atoms with Gasteiger partial charge in [-0.25, -0.2) is 4.98 Å². The van der Waals surface area contributed by atoms with E-state index in [1.54, 1.807) is 11.8 Å². The van der Waals surface area contributed by atoms with E-state index >= 15 is 0 Å². The van der Waals surface area contributed by atoms with Crippen molar-refractivity contribution in [2.75, 3.05) is 7.05 Å². The maximum atomic E-state index is 4.48. The summed E-state index contributed by atoms with van der Waals surface area (Å²) in [6.45, 7) is 2.12. The maximum Gasteiger partial charge on any atom is 0.101 e. The Bertz CT molecular complexity index is 513. The van der Waals surface area contributed by atoms with Gasteiger partial charge in [-0.2, -0.15) is 0 Å².